The zero-order valence-electron chi connectivity index (χ0n) is 11.4. The minimum absolute atomic E-state index is 0.0640. The second kappa shape index (κ2) is 4.58. The molecule has 0 bridgehead atoms. The minimum Gasteiger partial charge on any atom is -0.454 e. The third-order valence-electron chi connectivity index (χ3n) is 3.47. The molecule has 0 saturated carbocycles. The molecule has 5 nitrogen and oxygen atoms in total. The van der Waals surface area contributed by atoms with Crippen LogP contribution in [0, 0.1) is 0 Å². The van der Waals surface area contributed by atoms with Crippen molar-refractivity contribution in [1.82, 2.24) is 0 Å². The van der Waals surface area contributed by atoms with Crippen LogP contribution >= 0.6 is 0 Å². The number of hydrogen-bond acceptors (Lipinski definition) is 5. The molecule has 1 saturated heterocycles. The van der Waals surface area contributed by atoms with Crippen LogP contribution in [0.3, 0.4) is 0 Å². The van der Waals surface area contributed by atoms with Crippen molar-refractivity contribution in [3.05, 3.63) is 18.2 Å². The summed E-state index contributed by atoms with van der Waals surface area (Å²) in [6, 6.07) is 6.04. The van der Waals surface area contributed by atoms with E-state index in [1.807, 2.05) is 12.1 Å². The van der Waals surface area contributed by atoms with E-state index in [9.17, 15) is 0 Å². The predicted octanol–water partition coefficient (Wildman–Crippen LogP) is 1.36. The summed E-state index contributed by atoms with van der Waals surface area (Å²) in [5.41, 5.74) is 6.69. The number of anilines is 1. The van der Waals surface area contributed by atoms with Crippen LogP contribution in [0.5, 0.6) is 11.5 Å². The van der Waals surface area contributed by atoms with Gasteiger partial charge in [0.05, 0.1) is 11.7 Å². The molecule has 0 aliphatic carbocycles. The molecule has 2 aliphatic heterocycles. The fourth-order valence-electron chi connectivity index (χ4n) is 2.70. The van der Waals surface area contributed by atoms with E-state index in [0.717, 1.165) is 30.3 Å². The van der Waals surface area contributed by atoms with Gasteiger partial charge in [-0.05, 0) is 26.0 Å². The van der Waals surface area contributed by atoms with Gasteiger partial charge in [0.1, 0.15) is 0 Å². The van der Waals surface area contributed by atoms with Gasteiger partial charge in [-0.15, -0.1) is 0 Å². The first-order chi connectivity index (χ1) is 9.07. The Morgan fingerprint density at radius 1 is 1.32 bits per heavy atom. The summed E-state index contributed by atoms with van der Waals surface area (Å²) >= 11 is 0. The van der Waals surface area contributed by atoms with E-state index >= 15 is 0 Å². The number of morpholine rings is 1. The highest BCUT2D eigenvalue weighted by Gasteiger charge is 2.33. The topological polar surface area (TPSA) is 57.0 Å². The Morgan fingerprint density at radius 2 is 2.11 bits per heavy atom. The molecule has 1 unspecified atom stereocenters. The molecule has 0 amide bonds. The van der Waals surface area contributed by atoms with E-state index in [1.165, 1.54) is 0 Å². The first-order valence-corrected chi connectivity index (χ1v) is 6.60. The normalized spacial score (nSPS) is 24.6. The number of fused-ring (bicyclic) bond motifs is 1. The monoisotopic (exact) mass is 264 g/mol. The van der Waals surface area contributed by atoms with E-state index in [2.05, 4.69) is 24.8 Å². The smallest absolute Gasteiger partial charge is 0.231 e. The lowest BCUT2D eigenvalue weighted by Gasteiger charge is -2.43. The van der Waals surface area contributed by atoms with Gasteiger partial charge in [0.15, 0.2) is 11.5 Å². The maximum Gasteiger partial charge on any atom is 0.231 e. The zero-order chi connectivity index (χ0) is 13.5. The Labute approximate surface area is 113 Å². The van der Waals surface area contributed by atoms with Crippen molar-refractivity contribution >= 4 is 5.69 Å². The molecule has 1 aromatic carbocycles. The first kappa shape index (κ1) is 12.6. The lowest BCUT2D eigenvalue weighted by atomic mass is 10.0. The fraction of sp³-hybridized carbons (Fsp3) is 0.571. The highest BCUT2D eigenvalue weighted by atomic mass is 16.7. The SMILES string of the molecule is CC1(C)CN(c2ccc3c(c2)OCO3)CC(CN)O1. The summed E-state index contributed by atoms with van der Waals surface area (Å²) in [6.45, 7) is 6.66. The lowest BCUT2D eigenvalue weighted by molar-refractivity contribution is -0.0788. The van der Waals surface area contributed by atoms with Gasteiger partial charge in [0.25, 0.3) is 0 Å². The average Bonchev–Trinajstić information content (AvgIpc) is 2.83. The van der Waals surface area contributed by atoms with Crippen LogP contribution < -0.4 is 20.1 Å². The van der Waals surface area contributed by atoms with Crippen LogP contribution in [0.4, 0.5) is 5.69 Å². The maximum absolute atomic E-state index is 5.94. The fourth-order valence-corrected chi connectivity index (χ4v) is 2.70. The largest absolute Gasteiger partial charge is 0.454 e. The molecular formula is C14H20N2O3. The van der Waals surface area contributed by atoms with E-state index < -0.39 is 0 Å². The quantitative estimate of drug-likeness (QED) is 0.874. The molecule has 19 heavy (non-hydrogen) atoms. The van der Waals surface area contributed by atoms with Gasteiger partial charge in [-0.2, -0.15) is 0 Å². The number of hydrogen-bond donors (Lipinski definition) is 1. The number of nitrogens with zero attached hydrogens (tertiary/aromatic N) is 1. The highest BCUT2D eigenvalue weighted by Crippen LogP contribution is 2.36. The second-order valence-electron chi connectivity index (χ2n) is 5.65. The van der Waals surface area contributed by atoms with E-state index in [-0.39, 0.29) is 11.7 Å². The van der Waals surface area contributed by atoms with Gasteiger partial charge in [-0.25, -0.2) is 0 Å². The summed E-state index contributed by atoms with van der Waals surface area (Å²) in [5.74, 6) is 1.62. The Balaban J connectivity index is 1.84. The summed E-state index contributed by atoms with van der Waals surface area (Å²) in [4.78, 5) is 2.29. The van der Waals surface area contributed by atoms with Crippen LogP contribution in [0.25, 0.3) is 0 Å². The molecule has 1 aromatic rings. The number of nitrogens with two attached hydrogens (primary N) is 1. The van der Waals surface area contributed by atoms with Crippen molar-refractivity contribution in [2.75, 3.05) is 31.3 Å². The van der Waals surface area contributed by atoms with E-state index in [0.29, 0.717) is 13.3 Å². The van der Waals surface area contributed by atoms with Crippen molar-refractivity contribution in [1.29, 1.82) is 0 Å². The molecule has 0 radical (unpaired) electrons. The molecule has 0 spiro atoms. The Morgan fingerprint density at radius 3 is 2.89 bits per heavy atom. The van der Waals surface area contributed by atoms with Gasteiger partial charge in [-0.1, -0.05) is 0 Å². The van der Waals surface area contributed by atoms with Crippen LogP contribution in [0.15, 0.2) is 18.2 Å². The van der Waals surface area contributed by atoms with Crippen molar-refractivity contribution < 1.29 is 14.2 Å². The molecule has 104 valence electrons. The summed E-state index contributed by atoms with van der Waals surface area (Å²) in [7, 11) is 0. The summed E-state index contributed by atoms with van der Waals surface area (Å²) < 4.78 is 16.7. The molecule has 1 fully saturated rings. The third kappa shape index (κ3) is 2.48. The number of rotatable bonds is 2. The molecule has 2 aliphatic rings. The Bertz CT molecular complexity index is 476. The second-order valence-corrected chi connectivity index (χ2v) is 5.65. The van der Waals surface area contributed by atoms with Gasteiger partial charge >= 0.3 is 0 Å². The average molecular weight is 264 g/mol. The molecule has 0 aromatic heterocycles. The Hall–Kier alpha value is -1.46. The van der Waals surface area contributed by atoms with Gasteiger partial charge in [0, 0.05) is 31.4 Å². The van der Waals surface area contributed by atoms with Gasteiger partial charge in [0.2, 0.25) is 6.79 Å². The first-order valence-electron chi connectivity index (χ1n) is 6.60. The van der Waals surface area contributed by atoms with Crippen LogP contribution in [-0.2, 0) is 4.74 Å². The van der Waals surface area contributed by atoms with Crippen molar-refractivity contribution in [2.45, 2.75) is 25.6 Å². The summed E-state index contributed by atoms with van der Waals surface area (Å²) in [5, 5.41) is 0. The molecule has 3 rings (SSSR count). The minimum atomic E-state index is -0.196. The van der Waals surface area contributed by atoms with E-state index in [4.69, 9.17) is 19.9 Å². The third-order valence-corrected chi connectivity index (χ3v) is 3.47. The Kier molecular flexibility index (Phi) is 3.03. The molecule has 2 N–H and O–H groups in total. The highest BCUT2D eigenvalue weighted by molar-refractivity contribution is 5.57. The maximum atomic E-state index is 5.94. The van der Waals surface area contributed by atoms with Crippen molar-refractivity contribution in [2.24, 2.45) is 5.73 Å². The van der Waals surface area contributed by atoms with Crippen LogP contribution in [0.1, 0.15) is 13.8 Å². The van der Waals surface area contributed by atoms with Gasteiger partial charge in [-0.3, -0.25) is 0 Å². The van der Waals surface area contributed by atoms with Crippen molar-refractivity contribution in [3.8, 4) is 11.5 Å². The van der Waals surface area contributed by atoms with E-state index in [1.54, 1.807) is 0 Å². The van der Waals surface area contributed by atoms with Gasteiger partial charge < -0.3 is 24.8 Å². The number of benzene rings is 1. The molecule has 5 heteroatoms. The van der Waals surface area contributed by atoms with Crippen molar-refractivity contribution in [3.63, 3.8) is 0 Å². The molecular weight excluding hydrogens is 244 g/mol. The molecule has 1 atom stereocenters. The molecule has 2 heterocycles. The van der Waals surface area contributed by atoms with Crippen LogP contribution in [-0.4, -0.2) is 38.1 Å². The zero-order valence-corrected chi connectivity index (χ0v) is 11.4. The van der Waals surface area contributed by atoms with Crippen LogP contribution in [0.2, 0.25) is 0 Å². The number of ether oxygens (including phenoxy) is 3. The summed E-state index contributed by atoms with van der Waals surface area (Å²) in [6.07, 6.45) is 0.0640. The standard InChI is InChI=1S/C14H20N2O3/c1-14(2)8-16(7-11(6-15)19-14)10-3-4-12-13(5-10)18-9-17-12/h3-5,11H,6-9,15H2,1-2H3. The predicted molar refractivity (Wildman–Crippen MR) is 72.8 cm³/mol. The lowest BCUT2D eigenvalue weighted by Crippen LogP contribution is -2.54.